The minimum absolute atomic E-state index is 0.00546. The molecule has 1 aliphatic carbocycles. The molecule has 5 rings (SSSR count). The molecule has 0 aromatic heterocycles. The number of hydrogen-bond donors (Lipinski definition) is 1. The lowest BCUT2D eigenvalue weighted by molar-refractivity contribution is -0.117. The molecule has 170 valence electrons. The largest absolute Gasteiger partial charge is 0.493 e. The smallest absolute Gasteiger partial charge is 0.335 e. The first-order valence-electron chi connectivity index (χ1n) is 10.2. The van der Waals surface area contributed by atoms with Crippen LogP contribution in [-0.2, 0) is 9.59 Å². The third-order valence-electron chi connectivity index (χ3n) is 5.40. The van der Waals surface area contributed by atoms with Crippen molar-refractivity contribution in [3.8, 4) is 17.2 Å². The van der Waals surface area contributed by atoms with Crippen molar-refractivity contribution in [1.29, 1.82) is 0 Å². The van der Waals surface area contributed by atoms with E-state index in [1.165, 1.54) is 39.5 Å². The van der Waals surface area contributed by atoms with E-state index in [0.29, 0.717) is 34.3 Å². The van der Waals surface area contributed by atoms with Crippen molar-refractivity contribution in [2.24, 2.45) is 0 Å². The zero-order valence-corrected chi connectivity index (χ0v) is 18.2. The molecule has 0 amide bonds. The molecule has 1 aromatic carbocycles. The van der Waals surface area contributed by atoms with Crippen molar-refractivity contribution in [2.45, 2.75) is 0 Å². The van der Waals surface area contributed by atoms with E-state index in [1.54, 1.807) is 0 Å². The van der Waals surface area contributed by atoms with Crippen LogP contribution in [0.4, 0.5) is 0 Å². The molecule has 0 unspecified atom stereocenters. The number of Topliss-reactive ketones (excluding diaryl/α,β-unsaturated/α-hetero) is 1. The van der Waals surface area contributed by atoms with Crippen LogP contribution in [0.5, 0.6) is 17.2 Å². The van der Waals surface area contributed by atoms with Crippen molar-refractivity contribution in [3.63, 3.8) is 0 Å². The van der Waals surface area contributed by atoms with Gasteiger partial charge in [0.05, 0.1) is 32.6 Å². The highest BCUT2D eigenvalue weighted by atomic mass is 16.5. The summed E-state index contributed by atoms with van der Waals surface area (Å²) in [6.07, 6.45) is 1.52. The topological polar surface area (TPSA) is 108 Å². The van der Waals surface area contributed by atoms with E-state index in [-0.39, 0.29) is 17.1 Å². The van der Waals surface area contributed by atoms with Crippen LogP contribution in [0.1, 0.15) is 10.4 Å². The average molecular weight is 443 g/mol. The average Bonchev–Trinajstić information content (AvgIpc) is 3.64. The van der Waals surface area contributed by atoms with Crippen LogP contribution in [0, 0.1) is 0 Å². The number of benzene rings is 1. The van der Waals surface area contributed by atoms with Crippen LogP contribution in [0.15, 0.2) is 35.3 Å². The minimum atomic E-state index is -1.05. The lowest BCUT2D eigenvalue weighted by Crippen LogP contribution is -2.29. The number of ketones is 2. The van der Waals surface area contributed by atoms with E-state index >= 15 is 0 Å². The highest BCUT2D eigenvalue weighted by molar-refractivity contribution is 6.22. The van der Waals surface area contributed by atoms with Crippen molar-refractivity contribution in [2.75, 3.05) is 60.6 Å². The van der Waals surface area contributed by atoms with E-state index in [2.05, 4.69) is 0 Å². The maximum absolute atomic E-state index is 12.4. The molecule has 0 bridgehead atoms. The number of methoxy groups -OCH3 is 3. The lowest BCUT2D eigenvalue weighted by Gasteiger charge is -2.21. The monoisotopic (exact) mass is 443 g/mol. The first-order chi connectivity index (χ1) is 15.4. The highest BCUT2D eigenvalue weighted by Crippen LogP contribution is 2.38. The fourth-order valence-corrected chi connectivity index (χ4v) is 3.48. The quantitative estimate of drug-likeness (QED) is 0.475. The van der Waals surface area contributed by atoms with Gasteiger partial charge in [-0.1, -0.05) is 0 Å². The Bertz CT molecular complexity index is 1010. The van der Waals surface area contributed by atoms with Gasteiger partial charge >= 0.3 is 5.97 Å². The predicted octanol–water partition coefficient (Wildman–Crippen LogP) is 0.591. The second-order valence-electron chi connectivity index (χ2n) is 7.60. The number of carbonyl (C=O) groups excluding carboxylic acids is 2. The van der Waals surface area contributed by atoms with Crippen LogP contribution in [-0.4, -0.2) is 97.9 Å². The van der Waals surface area contributed by atoms with Gasteiger partial charge in [-0.2, -0.15) is 0 Å². The first kappa shape index (κ1) is 21.5. The van der Waals surface area contributed by atoms with Crippen molar-refractivity contribution < 1.29 is 33.7 Å². The van der Waals surface area contributed by atoms with E-state index in [1.807, 2.05) is 14.7 Å². The molecule has 3 saturated heterocycles. The van der Waals surface area contributed by atoms with Crippen LogP contribution in [0.2, 0.25) is 0 Å². The van der Waals surface area contributed by atoms with Gasteiger partial charge in [0.2, 0.25) is 17.3 Å². The molecule has 10 heteroatoms. The molecule has 1 N–H and O–H groups in total. The molecule has 0 spiro atoms. The Morgan fingerprint density at radius 3 is 1.72 bits per heavy atom. The van der Waals surface area contributed by atoms with E-state index < -0.39 is 5.97 Å². The molecule has 1 aromatic rings. The summed E-state index contributed by atoms with van der Waals surface area (Å²) in [5, 5.41) is 8.84. The summed E-state index contributed by atoms with van der Waals surface area (Å²) >= 11 is 0. The van der Waals surface area contributed by atoms with E-state index in [0.717, 1.165) is 39.3 Å². The number of carboxylic acids is 1. The summed E-state index contributed by atoms with van der Waals surface area (Å²) in [5.41, 5.74) is 1.97. The molecule has 0 radical (unpaired) electrons. The number of carbonyl (C=O) groups is 3. The molecule has 3 aliphatic heterocycles. The van der Waals surface area contributed by atoms with Gasteiger partial charge in [-0.15, -0.1) is 0 Å². The van der Waals surface area contributed by atoms with E-state index in [4.69, 9.17) is 19.3 Å². The molecule has 3 heterocycles. The van der Waals surface area contributed by atoms with Gasteiger partial charge < -0.3 is 34.0 Å². The maximum Gasteiger partial charge on any atom is 0.335 e. The Balaban J connectivity index is 0.000000155. The molecule has 10 nitrogen and oxygen atoms in total. The first-order valence-corrected chi connectivity index (χ1v) is 10.2. The number of carboxylic acid groups (broad SMARTS) is 1. The number of allylic oxidation sites excluding steroid dienone is 1. The van der Waals surface area contributed by atoms with Gasteiger partial charge in [-0.3, -0.25) is 9.59 Å². The lowest BCUT2D eigenvalue weighted by atomic mass is 10.0. The van der Waals surface area contributed by atoms with Gasteiger partial charge in [0.15, 0.2) is 11.5 Å². The summed E-state index contributed by atoms with van der Waals surface area (Å²) in [5.74, 6) is 0.0372. The van der Waals surface area contributed by atoms with E-state index in [9.17, 15) is 14.4 Å². The number of nitrogens with zero attached hydrogens (tertiary/aromatic N) is 3. The van der Waals surface area contributed by atoms with Crippen molar-refractivity contribution >= 4 is 17.5 Å². The Labute approximate surface area is 185 Å². The normalized spacial score (nSPS) is 18.6. The van der Waals surface area contributed by atoms with Gasteiger partial charge in [0.25, 0.3) is 0 Å². The number of aromatic carboxylic acids is 1. The minimum Gasteiger partial charge on any atom is -0.493 e. The Morgan fingerprint density at radius 2 is 1.31 bits per heavy atom. The number of rotatable bonds is 7. The molecule has 32 heavy (non-hydrogen) atoms. The predicted molar refractivity (Wildman–Crippen MR) is 113 cm³/mol. The second kappa shape index (κ2) is 8.45. The van der Waals surface area contributed by atoms with Gasteiger partial charge in [0.1, 0.15) is 11.4 Å². The fourth-order valence-electron chi connectivity index (χ4n) is 3.48. The molecule has 3 fully saturated rings. The molecular formula is C22H25N3O7. The third kappa shape index (κ3) is 4.20. The van der Waals surface area contributed by atoms with Crippen molar-refractivity contribution in [1.82, 2.24) is 14.7 Å². The number of hydrogen-bond acceptors (Lipinski definition) is 9. The maximum atomic E-state index is 12.4. The van der Waals surface area contributed by atoms with Crippen molar-refractivity contribution in [3.05, 3.63) is 40.9 Å². The SMILES string of the molecule is COc1cc(C(=O)O)cc(OC)c1OC.O=C1C=C(N2CC2)C(=O)C(N2CC2)=C1N1CC1. The third-order valence-corrected chi connectivity index (χ3v) is 5.40. The van der Waals surface area contributed by atoms with Crippen LogP contribution in [0.25, 0.3) is 0 Å². The number of ether oxygens (including phenoxy) is 3. The summed E-state index contributed by atoms with van der Waals surface area (Å²) in [6.45, 7) is 5.41. The summed E-state index contributed by atoms with van der Waals surface area (Å²) < 4.78 is 15.1. The standard InChI is InChI=1S/C12H13N3O2.C10H12O5/c16-9-7-8(13-1-2-13)12(17)11(15-5-6-15)10(9)14-3-4-14;1-13-7-4-6(10(11)12)5-8(14-2)9(7)15-3/h7H,1-6H2;4-5H,1-3H3,(H,11,12). The molecule has 0 atom stereocenters. The summed E-state index contributed by atoms with van der Waals surface area (Å²) in [7, 11) is 4.33. The van der Waals surface area contributed by atoms with Crippen LogP contribution >= 0.6 is 0 Å². The second-order valence-corrected chi connectivity index (χ2v) is 7.60. The summed E-state index contributed by atoms with van der Waals surface area (Å²) in [6, 6.07) is 2.76. The molecule has 0 saturated carbocycles. The fraction of sp³-hybridized carbons (Fsp3) is 0.409. The van der Waals surface area contributed by atoms with Crippen LogP contribution < -0.4 is 14.2 Å². The zero-order valence-electron chi connectivity index (χ0n) is 18.2. The summed E-state index contributed by atoms with van der Waals surface area (Å²) in [4.78, 5) is 41.3. The molecule has 4 aliphatic rings. The Kier molecular flexibility index (Phi) is 5.68. The Hall–Kier alpha value is -3.69. The molecular weight excluding hydrogens is 418 g/mol. The van der Waals surface area contributed by atoms with Gasteiger partial charge in [-0.05, 0) is 12.1 Å². The zero-order chi connectivity index (χ0) is 23.0. The van der Waals surface area contributed by atoms with Gasteiger partial charge in [0, 0.05) is 45.3 Å². The Morgan fingerprint density at radius 1 is 0.812 bits per heavy atom. The van der Waals surface area contributed by atoms with Crippen LogP contribution in [0.3, 0.4) is 0 Å². The van der Waals surface area contributed by atoms with Gasteiger partial charge in [-0.25, -0.2) is 4.79 Å². The highest BCUT2D eigenvalue weighted by Gasteiger charge is 2.43.